The van der Waals surface area contributed by atoms with Crippen LogP contribution in [0.3, 0.4) is 0 Å². The molecule has 0 aliphatic heterocycles. The van der Waals surface area contributed by atoms with E-state index in [-0.39, 0.29) is 5.91 Å². The maximum atomic E-state index is 12.2. The van der Waals surface area contributed by atoms with Crippen LogP contribution in [0, 0.1) is 0 Å². The summed E-state index contributed by atoms with van der Waals surface area (Å²) < 4.78 is 0. The fourth-order valence-electron chi connectivity index (χ4n) is 1.91. The molecule has 1 amide bonds. The van der Waals surface area contributed by atoms with Crippen molar-refractivity contribution in [1.29, 1.82) is 0 Å². The number of carbonyl (C=O) groups is 1. The standard InChI is InChI=1S/C16H10Cl2N2OS/c17-11-6-7-13(18)12(8-11)15(21)20-16-19-14(9-22-16)10-4-2-1-3-5-10/h1-9H,(H,19,20,21). The minimum atomic E-state index is -0.332. The van der Waals surface area contributed by atoms with Crippen LogP contribution in [0.15, 0.2) is 53.9 Å². The topological polar surface area (TPSA) is 42.0 Å². The number of carbonyl (C=O) groups excluding carboxylic acids is 1. The van der Waals surface area contributed by atoms with Crippen LogP contribution in [0.2, 0.25) is 10.0 Å². The number of anilines is 1. The van der Waals surface area contributed by atoms with Gasteiger partial charge in [0.2, 0.25) is 0 Å². The minimum Gasteiger partial charge on any atom is -0.298 e. The van der Waals surface area contributed by atoms with E-state index in [9.17, 15) is 4.79 Å². The monoisotopic (exact) mass is 348 g/mol. The molecule has 0 atom stereocenters. The smallest absolute Gasteiger partial charge is 0.259 e. The first kappa shape index (κ1) is 15.0. The van der Waals surface area contributed by atoms with Crippen LogP contribution in [0.1, 0.15) is 10.4 Å². The van der Waals surface area contributed by atoms with Gasteiger partial charge in [0.05, 0.1) is 16.3 Å². The molecule has 0 saturated carbocycles. The number of halogens is 2. The van der Waals surface area contributed by atoms with Crippen LogP contribution in [-0.4, -0.2) is 10.9 Å². The summed E-state index contributed by atoms with van der Waals surface area (Å²) >= 11 is 13.3. The molecule has 3 aromatic rings. The number of nitrogens with zero attached hydrogens (tertiary/aromatic N) is 1. The van der Waals surface area contributed by atoms with Gasteiger partial charge >= 0.3 is 0 Å². The van der Waals surface area contributed by atoms with Gasteiger partial charge in [0, 0.05) is 16.0 Å². The number of aromatic nitrogens is 1. The zero-order valence-electron chi connectivity index (χ0n) is 11.2. The van der Waals surface area contributed by atoms with Gasteiger partial charge in [0.1, 0.15) is 0 Å². The molecule has 1 heterocycles. The third-order valence-corrected chi connectivity index (χ3v) is 4.29. The Balaban J connectivity index is 1.81. The van der Waals surface area contributed by atoms with Gasteiger partial charge in [-0.1, -0.05) is 53.5 Å². The summed E-state index contributed by atoms with van der Waals surface area (Å²) in [7, 11) is 0. The summed E-state index contributed by atoms with van der Waals surface area (Å²) in [5.74, 6) is -0.332. The number of hydrogen-bond acceptors (Lipinski definition) is 3. The highest BCUT2D eigenvalue weighted by Gasteiger charge is 2.13. The van der Waals surface area contributed by atoms with Gasteiger partial charge < -0.3 is 0 Å². The van der Waals surface area contributed by atoms with Crippen LogP contribution in [0.5, 0.6) is 0 Å². The molecule has 0 aliphatic carbocycles. The first-order valence-electron chi connectivity index (χ1n) is 6.41. The SMILES string of the molecule is O=C(Nc1nc(-c2ccccc2)cs1)c1cc(Cl)ccc1Cl. The zero-order chi connectivity index (χ0) is 15.5. The van der Waals surface area contributed by atoms with Gasteiger partial charge in [0.25, 0.3) is 5.91 Å². The lowest BCUT2D eigenvalue weighted by atomic mass is 10.2. The third kappa shape index (κ3) is 3.30. The molecule has 1 N–H and O–H groups in total. The first-order valence-corrected chi connectivity index (χ1v) is 8.04. The summed E-state index contributed by atoms with van der Waals surface area (Å²) in [6, 6.07) is 14.5. The van der Waals surface area contributed by atoms with Crippen molar-refractivity contribution in [2.24, 2.45) is 0 Å². The van der Waals surface area contributed by atoms with Crippen LogP contribution in [-0.2, 0) is 0 Å². The molecular formula is C16H10Cl2N2OS. The number of benzene rings is 2. The summed E-state index contributed by atoms with van der Waals surface area (Å²) in [6.45, 7) is 0. The fourth-order valence-corrected chi connectivity index (χ4v) is 3.00. The van der Waals surface area contributed by atoms with Crippen molar-refractivity contribution in [1.82, 2.24) is 4.98 Å². The Kier molecular flexibility index (Phi) is 4.43. The highest BCUT2D eigenvalue weighted by molar-refractivity contribution is 7.14. The van der Waals surface area contributed by atoms with Crippen LogP contribution >= 0.6 is 34.5 Å². The van der Waals surface area contributed by atoms with E-state index in [0.717, 1.165) is 11.3 Å². The van der Waals surface area contributed by atoms with Crippen LogP contribution < -0.4 is 5.32 Å². The average molecular weight is 349 g/mol. The lowest BCUT2D eigenvalue weighted by Crippen LogP contribution is -2.12. The van der Waals surface area contributed by atoms with E-state index in [4.69, 9.17) is 23.2 Å². The summed E-state index contributed by atoms with van der Waals surface area (Å²) in [5, 5.41) is 5.95. The van der Waals surface area contributed by atoms with Crippen molar-refractivity contribution in [2.75, 3.05) is 5.32 Å². The number of rotatable bonds is 3. The van der Waals surface area contributed by atoms with E-state index >= 15 is 0 Å². The summed E-state index contributed by atoms with van der Waals surface area (Å²) in [4.78, 5) is 16.7. The second-order valence-electron chi connectivity index (χ2n) is 4.48. The lowest BCUT2D eigenvalue weighted by molar-refractivity contribution is 0.102. The first-order chi connectivity index (χ1) is 10.6. The Morgan fingerprint density at radius 1 is 1.09 bits per heavy atom. The lowest BCUT2D eigenvalue weighted by Gasteiger charge is -2.04. The molecule has 1 aromatic heterocycles. The van der Waals surface area contributed by atoms with Gasteiger partial charge in [-0.15, -0.1) is 11.3 Å². The molecular weight excluding hydrogens is 339 g/mol. The van der Waals surface area contributed by atoms with E-state index in [1.54, 1.807) is 12.1 Å². The maximum Gasteiger partial charge on any atom is 0.259 e. The van der Waals surface area contributed by atoms with Gasteiger partial charge in [-0.05, 0) is 18.2 Å². The van der Waals surface area contributed by atoms with Crippen molar-refractivity contribution < 1.29 is 4.79 Å². The van der Waals surface area contributed by atoms with E-state index in [1.165, 1.54) is 17.4 Å². The van der Waals surface area contributed by atoms with Gasteiger partial charge in [0.15, 0.2) is 5.13 Å². The largest absolute Gasteiger partial charge is 0.298 e. The van der Waals surface area contributed by atoms with Crippen LogP contribution in [0.4, 0.5) is 5.13 Å². The predicted molar refractivity (Wildman–Crippen MR) is 92.0 cm³/mol. The molecule has 0 saturated heterocycles. The molecule has 3 nitrogen and oxygen atoms in total. The van der Waals surface area contributed by atoms with Crippen molar-refractivity contribution in [3.63, 3.8) is 0 Å². The van der Waals surface area contributed by atoms with Crippen molar-refractivity contribution in [3.8, 4) is 11.3 Å². The quantitative estimate of drug-likeness (QED) is 0.691. The minimum absolute atomic E-state index is 0.325. The maximum absolute atomic E-state index is 12.2. The zero-order valence-corrected chi connectivity index (χ0v) is 13.5. The fraction of sp³-hybridized carbons (Fsp3) is 0. The Morgan fingerprint density at radius 2 is 1.86 bits per heavy atom. The Labute approximate surface area is 141 Å². The normalized spacial score (nSPS) is 10.5. The van der Waals surface area contributed by atoms with Crippen molar-refractivity contribution in [2.45, 2.75) is 0 Å². The summed E-state index contributed by atoms with van der Waals surface area (Å²) in [6.07, 6.45) is 0. The third-order valence-electron chi connectivity index (χ3n) is 2.97. The van der Waals surface area contributed by atoms with E-state index < -0.39 is 0 Å². The number of hydrogen-bond donors (Lipinski definition) is 1. The molecule has 0 unspecified atom stereocenters. The second kappa shape index (κ2) is 6.48. The molecule has 110 valence electrons. The molecule has 3 rings (SSSR count). The predicted octanol–water partition coefficient (Wildman–Crippen LogP) is 5.37. The average Bonchev–Trinajstić information content (AvgIpc) is 2.99. The Bertz CT molecular complexity index is 818. The van der Waals surface area contributed by atoms with Crippen molar-refractivity contribution >= 4 is 45.6 Å². The molecule has 0 aliphatic rings. The van der Waals surface area contributed by atoms with Crippen LogP contribution in [0.25, 0.3) is 11.3 Å². The van der Waals surface area contributed by atoms with Gasteiger partial charge in [-0.25, -0.2) is 4.98 Å². The van der Waals surface area contributed by atoms with Gasteiger partial charge in [-0.2, -0.15) is 0 Å². The molecule has 6 heteroatoms. The van der Waals surface area contributed by atoms with Gasteiger partial charge in [-0.3, -0.25) is 10.1 Å². The molecule has 0 fully saturated rings. The second-order valence-corrected chi connectivity index (χ2v) is 6.18. The Morgan fingerprint density at radius 3 is 2.64 bits per heavy atom. The molecule has 0 spiro atoms. The summed E-state index contributed by atoms with van der Waals surface area (Å²) in [5.41, 5.74) is 2.14. The number of nitrogens with one attached hydrogen (secondary N) is 1. The highest BCUT2D eigenvalue weighted by Crippen LogP contribution is 2.26. The molecule has 0 radical (unpaired) electrons. The van der Waals surface area contributed by atoms with E-state index in [1.807, 2.05) is 35.7 Å². The number of thiazole rings is 1. The van der Waals surface area contributed by atoms with E-state index in [0.29, 0.717) is 20.7 Å². The Hall–Kier alpha value is -1.88. The molecule has 2 aromatic carbocycles. The molecule has 0 bridgehead atoms. The number of amides is 1. The van der Waals surface area contributed by atoms with Crippen molar-refractivity contribution in [3.05, 3.63) is 69.5 Å². The highest BCUT2D eigenvalue weighted by atomic mass is 35.5. The molecule has 22 heavy (non-hydrogen) atoms. The van der Waals surface area contributed by atoms with E-state index in [2.05, 4.69) is 10.3 Å².